The van der Waals surface area contributed by atoms with E-state index in [4.69, 9.17) is 15.8 Å². The number of nitrogens with one attached hydrogen (secondary N) is 1. The number of anilines is 2. The molecule has 0 aliphatic rings. The average molecular weight is 366 g/mol. The monoisotopic (exact) mass is 366 g/mol. The molecule has 0 amide bonds. The molecule has 0 saturated heterocycles. The summed E-state index contributed by atoms with van der Waals surface area (Å²) in [6, 6.07) is 10.2. The zero-order valence-electron chi connectivity index (χ0n) is 14.3. The maximum atomic E-state index is 9.73. The number of nitrogen functional groups attached to an aromatic ring is 1. The number of aromatic hydroxyl groups is 2. The van der Waals surface area contributed by atoms with Gasteiger partial charge in [0.15, 0.2) is 17.1 Å². The van der Waals surface area contributed by atoms with Crippen molar-refractivity contribution in [2.24, 2.45) is 0 Å². The highest BCUT2D eigenvalue weighted by Crippen LogP contribution is 2.27. The lowest BCUT2D eigenvalue weighted by Crippen LogP contribution is -2.07. The van der Waals surface area contributed by atoms with Gasteiger partial charge in [0.2, 0.25) is 5.95 Å². The molecule has 0 atom stereocenters. The molecule has 0 unspecified atom stereocenters. The maximum Gasteiger partial charge on any atom is 0.240 e. The fourth-order valence-electron chi connectivity index (χ4n) is 2.97. The second-order valence-corrected chi connectivity index (χ2v) is 6.12. The Balaban J connectivity index is 1.84. The van der Waals surface area contributed by atoms with Gasteiger partial charge in [0, 0.05) is 24.0 Å². The highest BCUT2D eigenvalue weighted by atomic mass is 16.3. The summed E-state index contributed by atoms with van der Waals surface area (Å²) in [5.41, 5.74) is 8.67. The van der Waals surface area contributed by atoms with Crippen molar-refractivity contribution in [1.29, 1.82) is 0 Å². The van der Waals surface area contributed by atoms with Gasteiger partial charge in [0.05, 0.1) is 12.1 Å². The summed E-state index contributed by atoms with van der Waals surface area (Å²) in [6.45, 7) is 0.464. The molecular formula is C18H18N6O3. The Morgan fingerprint density at radius 1 is 1.04 bits per heavy atom. The zero-order valence-corrected chi connectivity index (χ0v) is 14.3. The van der Waals surface area contributed by atoms with Gasteiger partial charge in [-0.2, -0.15) is 9.50 Å². The van der Waals surface area contributed by atoms with Gasteiger partial charge >= 0.3 is 0 Å². The van der Waals surface area contributed by atoms with Gasteiger partial charge < -0.3 is 26.4 Å². The Labute approximate surface area is 153 Å². The number of rotatable bonds is 5. The van der Waals surface area contributed by atoms with E-state index in [2.05, 4.69) is 15.4 Å². The van der Waals surface area contributed by atoms with Gasteiger partial charge in [0.25, 0.3) is 0 Å². The van der Waals surface area contributed by atoms with Crippen LogP contribution in [0.1, 0.15) is 11.4 Å². The van der Waals surface area contributed by atoms with Crippen molar-refractivity contribution in [3.63, 3.8) is 0 Å². The van der Waals surface area contributed by atoms with E-state index in [1.54, 1.807) is 10.6 Å². The molecular weight excluding hydrogens is 348 g/mol. The number of aliphatic hydroxyl groups is 1. The van der Waals surface area contributed by atoms with Crippen molar-refractivity contribution >= 4 is 28.2 Å². The van der Waals surface area contributed by atoms with E-state index < -0.39 is 0 Å². The molecule has 0 aliphatic heterocycles. The Kier molecular flexibility index (Phi) is 4.13. The van der Waals surface area contributed by atoms with Crippen LogP contribution >= 0.6 is 0 Å². The molecule has 9 heteroatoms. The highest BCUT2D eigenvalue weighted by Gasteiger charge is 2.14. The SMILES string of the molecule is Nc1nc2c3ccc(NCCO)cc3nc(Cc3ccc(O)c(O)c3)n2n1. The van der Waals surface area contributed by atoms with E-state index in [-0.39, 0.29) is 24.1 Å². The third-order valence-electron chi connectivity index (χ3n) is 4.20. The van der Waals surface area contributed by atoms with Gasteiger partial charge in [-0.1, -0.05) is 6.07 Å². The molecule has 0 spiro atoms. The normalized spacial score (nSPS) is 11.3. The lowest BCUT2D eigenvalue weighted by atomic mass is 10.1. The van der Waals surface area contributed by atoms with E-state index in [9.17, 15) is 10.2 Å². The number of aromatic nitrogens is 4. The van der Waals surface area contributed by atoms with Crippen molar-refractivity contribution in [2.75, 3.05) is 24.2 Å². The Hall–Kier alpha value is -3.59. The molecule has 0 fully saturated rings. The van der Waals surface area contributed by atoms with Crippen molar-refractivity contribution in [2.45, 2.75) is 6.42 Å². The summed E-state index contributed by atoms with van der Waals surface area (Å²) in [4.78, 5) is 9.00. The fraction of sp³-hybridized carbons (Fsp3) is 0.167. The summed E-state index contributed by atoms with van der Waals surface area (Å²) >= 11 is 0. The minimum Gasteiger partial charge on any atom is -0.504 e. The number of benzene rings is 2. The van der Waals surface area contributed by atoms with E-state index in [0.717, 1.165) is 16.6 Å². The van der Waals surface area contributed by atoms with Crippen LogP contribution in [0.15, 0.2) is 36.4 Å². The van der Waals surface area contributed by atoms with Crippen molar-refractivity contribution in [1.82, 2.24) is 19.6 Å². The van der Waals surface area contributed by atoms with Crippen LogP contribution in [-0.2, 0) is 6.42 Å². The van der Waals surface area contributed by atoms with Gasteiger partial charge in [0.1, 0.15) is 5.82 Å². The number of phenolic OH excluding ortho intramolecular Hbond substituents is 2. The third kappa shape index (κ3) is 3.15. The predicted octanol–water partition coefficient (Wildman–Crippen LogP) is 1.27. The molecule has 27 heavy (non-hydrogen) atoms. The number of fused-ring (bicyclic) bond motifs is 3. The lowest BCUT2D eigenvalue weighted by molar-refractivity contribution is 0.311. The number of hydrogen-bond acceptors (Lipinski definition) is 8. The molecule has 6 N–H and O–H groups in total. The molecule has 4 rings (SSSR count). The van der Waals surface area contributed by atoms with Crippen LogP contribution in [0.5, 0.6) is 11.5 Å². The van der Waals surface area contributed by atoms with Crippen LogP contribution < -0.4 is 11.1 Å². The predicted molar refractivity (Wildman–Crippen MR) is 101 cm³/mol. The van der Waals surface area contributed by atoms with Gasteiger partial charge in [-0.3, -0.25) is 0 Å². The smallest absolute Gasteiger partial charge is 0.240 e. The average Bonchev–Trinajstić information content (AvgIpc) is 3.05. The molecule has 0 saturated carbocycles. The lowest BCUT2D eigenvalue weighted by Gasteiger charge is -2.09. The highest BCUT2D eigenvalue weighted by molar-refractivity contribution is 5.93. The minimum atomic E-state index is -0.196. The number of phenols is 2. The molecule has 4 aromatic rings. The number of aliphatic hydroxyl groups excluding tert-OH is 1. The first-order valence-corrected chi connectivity index (χ1v) is 8.35. The second-order valence-electron chi connectivity index (χ2n) is 6.12. The molecule has 0 radical (unpaired) electrons. The summed E-state index contributed by atoms with van der Waals surface area (Å²) in [5, 5.41) is 36.3. The summed E-state index contributed by atoms with van der Waals surface area (Å²) in [6.07, 6.45) is 0.359. The molecule has 2 heterocycles. The van der Waals surface area contributed by atoms with E-state index in [1.165, 1.54) is 12.1 Å². The van der Waals surface area contributed by atoms with Gasteiger partial charge in [-0.15, -0.1) is 5.10 Å². The first-order valence-electron chi connectivity index (χ1n) is 8.35. The van der Waals surface area contributed by atoms with E-state index >= 15 is 0 Å². The van der Waals surface area contributed by atoms with Crippen LogP contribution in [0.2, 0.25) is 0 Å². The van der Waals surface area contributed by atoms with Crippen LogP contribution in [0.3, 0.4) is 0 Å². The summed E-state index contributed by atoms with van der Waals surface area (Å²) in [7, 11) is 0. The first-order chi connectivity index (χ1) is 13.0. The molecule has 138 valence electrons. The van der Waals surface area contributed by atoms with Crippen LogP contribution in [-0.4, -0.2) is 48.1 Å². The van der Waals surface area contributed by atoms with E-state index in [1.807, 2.05) is 18.2 Å². The third-order valence-corrected chi connectivity index (χ3v) is 4.20. The van der Waals surface area contributed by atoms with Crippen LogP contribution in [0, 0.1) is 0 Å². The maximum absolute atomic E-state index is 9.73. The first kappa shape index (κ1) is 16.9. The van der Waals surface area contributed by atoms with Crippen LogP contribution in [0.4, 0.5) is 11.6 Å². The van der Waals surface area contributed by atoms with E-state index in [0.29, 0.717) is 30.0 Å². The Morgan fingerprint density at radius 3 is 2.67 bits per heavy atom. The number of nitrogens with two attached hydrogens (primary N) is 1. The van der Waals surface area contributed by atoms with Gasteiger partial charge in [-0.25, -0.2) is 4.98 Å². The summed E-state index contributed by atoms with van der Waals surface area (Å²) < 4.78 is 1.59. The largest absolute Gasteiger partial charge is 0.504 e. The molecule has 2 aromatic heterocycles. The molecule has 9 nitrogen and oxygen atoms in total. The van der Waals surface area contributed by atoms with Crippen LogP contribution in [0.25, 0.3) is 16.6 Å². The Morgan fingerprint density at radius 2 is 1.89 bits per heavy atom. The summed E-state index contributed by atoms with van der Waals surface area (Å²) in [5.74, 6) is 0.353. The second kappa shape index (κ2) is 6.61. The number of nitrogens with zero attached hydrogens (tertiary/aromatic N) is 4. The zero-order chi connectivity index (χ0) is 19.0. The molecule has 0 aliphatic carbocycles. The van der Waals surface area contributed by atoms with Gasteiger partial charge in [-0.05, 0) is 35.9 Å². The molecule has 2 aromatic carbocycles. The topological polar surface area (TPSA) is 142 Å². The minimum absolute atomic E-state index is 0.0286. The van der Waals surface area contributed by atoms with Crippen molar-refractivity contribution in [3.8, 4) is 11.5 Å². The number of hydrogen-bond donors (Lipinski definition) is 5. The standard InChI is InChI=1S/C18H18N6O3/c19-18-22-17-12-3-2-11(20-5-6-25)9-13(12)21-16(24(17)23-18)8-10-1-4-14(26)15(27)7-10/h1-4,7,9,20,25-27H,5-6,8H2,(H2,19,23). The Bertz CT molecular complexity index is 1140. The fourth-order valence-corrected chi connectivity index (χ4v) is 2.97. The van der Waals surface area contributed by atoms with Crippen molar-refractivity contribution in [3.05, 3.63) is 47.8 Å². The van der Waals surface area contributed by atoms with Crippen molar-refractivity contribution < 1.29 is 15.3 Å². The quantitative estimate of drug-likeness (QED) is 0.332. The molecule has 0 bridgehead atoms.